The second kappa shape index (κ2) is 13.7. The number of carbonyl (C=O) groups excluding carboxylic acids is 3. The highest BCUT2D eigenvalue weighted by molar-refractivity contribution is 5.84. The second-order valence-corrected chi connectivity index (χ2v) is 8.69. The fraction of sp³-hybridized carbons (Fsp3) is 0.357. The van der Waals surface area contributed by atoms with Crippen molar-refractivity contribution in [3.05, 3.63) is 59.7 Å². The standard InChI is InChI=1S/C28H31N3O6/c1-2-16-29-25(32)14-15-26(33)30-17-8-7-13-24(27(34)35)31-28(36)37-18-23-21-11-5-3-9-19(21)20-10-4-6-12-22(20)23/h1,3-6,9-12,23-24H,7-8,13-18H2,(H,29,32)(H,30,33)(H,31,36)(H,34,35)/t24-/m1/s1. The number of hydrogen-bond donors (Lipinski definition) is 4. The van der Waals surface area contributed by atoms with Gasteiger partial charge < -0.3 is 25.8 Å². The van der Waals surface area contributed by atoms with Gasteiger partial charge in [-0.1, -0.05) is 54.5 Å². The lowest BCUT2D eigenvalue weighted by Gasteiger charge is -2.17. The molecule has 0 aliphatic heterocycles. The van der Waals surface area contributed by atoms with E-state index in [1.165, 1.54) is 0 Å². The Hall–Kier alpha value is -4.32. The van der Waals surface area contributed by atoms with Crippen LogP contribution in [0.3, 0.4) is 0 Å². The van der Waals surface area contributed by atoms with E-state index in [0.29, 0.717) is 19.4 Å². The molecule has 4 N–H and O–H groups in total. The van der Waals surface area contributed by atoms with Crippen LogP contribution in [0.1, 0.15) is 49.1 Å². The molecular weight excluding hydrogens is 474 g/mol. The lowest BCUT2D eigenvalue weighted by molar-refractivity contribution is -0.139. The van der Waals surface area contributed by atoms with Crippen LogP contribution in [0.4, 0.5) is 4.79 Å². The van der Waals surface area contributed by atoms with Crippen LogP contribution in [0.15, 0.2) is 48.5 Å². The average molecular weight is 506 g/mol. The molecule has 1 atom stereocenters. The van der Waals surface area contributed by atoms with Crippen molar-refractivity contribution in [1.29, 1.82) is 0 Å². The van der Waals surface area contributed by atoms with E-state index in [-0.39, 0.29) is 50.1 Å². The molecular formula is C28H31N3O6. The summed E-state index contributed by atoms with van der Waals surface area (Å²) in [7, 11) is 0. The van der Waals surface area contributed by atoms with Gasteiger partial charge in [0.15, 0.2) is 0 Å². The lowest BCUT2D eigenvalue weighted by Crippen LogP contribution is -2.41. The summed E-state index contributed by atoms with van der Waals surface area (Å²) in [4.78, 5) is 47.3. The number of hydrogen-bond acceptors (Lipinski definition) is 5. The van der Waals surface area contributed by atoms with Crippen molar-refractivity contribution >= 4 is 23.9 Å². The molecule has 9 heteroatoms. The molecule has 0 radical (unpaired) electrons. The Kier molecular flexibility index (Phi) is 10.1. The molecule has 0 heterocycles. The van der Waals surface area contributed by atoms with Crippen molar-refractivity contribution in [2.75, 3.05) is 19.7 Å². The second-order valence-electron chi connectivity index (χ2n) is 8.69. The van der Waals surface area contributed by atoms with E-state index < -0.39 is 18.1 Å². The predicted molar refractivity (Wildman–Crippen MR) is 138 cm³/mol. The molecule has 0 bridgehead atoms. The number of benzene rings is 2. The van der Waals surface area contributed by atoms with Gasteiger partial charge in [0.25, 0.3) is 0 Å². The van der Waals surface area contributed by atoms with Gasteiger partial charge in [0, 0.05) is 25.3 Å². The number of terminal acetylenes is 1. The van der Waals surface area contributed by atoms with Crippen molar-refractivity contribution in [2.24, 2.45) is 0 Å². The SMILES string of the molecule is C#CCNC(=O)CCC(=O)NCCCC[C@@H](NC(=O)OCC1c2ccccc2-c2ccccc21)C(=O)O. The molecule has 0 unspecified atom stereocenters. The summed E-state index contributed by atoms with van der Waals surface area (Å²) in [6, 6.07) is 14.8. The van der Waals surface area contributed by atoms with Crippen molar-refractivity contribution in [1.82, 2.24) is 16.0 Å². The number of amides is 3. The molecule has 0 saturated heterocycles. The maximum absolute atomic E-state index is 12.4. The first-order chi connectivity index (χ1) is 17.9. The van der Waals surface area contributed by atoms with Gasteiger partial charge in [-0.2, -0.15) is 0 Å². The van der Waals surface area contributed by atoms with Crippen molar-refractivity contribution in [3.8, 4) is 23.5 Å². The number of unbranched alkanes of at least 4 members (excludes halogenated alkanes) is 1. The van der Waals surface area contributed by atoms with Gasteiger partial charge in [0.05, 0.1) is 6.54 Å². The highest BCUT2D eigenvalue weighted by Gasteiger charge is 2.29. The quantitative estimate of drug-likeness (QED) is 0.244. The third kappa shape index (κ3) is 7.84. The van der Waals surface area contributed by atoms with Gasteiger partial charge in [-0.15, -0.1) is 6.42 Å². The summed E-state index contributed by atoms with van der Waals surface area (Å²) in [6.45, 7) is 0.552. The Morgan fingerprint density at radius 3 is 2.11 bits per heavy atom. The molecule has 9 nitrogen and oxygen atoms in total. The number of carbonyl (C=O) groups is 4. The number of alkyl carbamates (subject to hydrolysis) is 1. The van der Waals surface area contributed by atoms with Crippen LogP contribution < -0.4 is 16.0 Å². The van der Waals surface area contributed by atoms with E-state index in [9.17, 15) is 24.3 Å². The van der Waals surface area contributed by atoms with Crippen LogP contribution in [0, 0.1) is 12.3 Å². The number of aliphatic carboxylic acids is 1. The summed E-state index contributed by atoms with van der Waals surface area (Å²) in [6.07, 6.45) is 5.51. The van der Waals surface area contributed by atoms with Crippen LogP contribution in [0.2, 0.25) is 0 Å². The molecule has 1 aliphatic rings. The Balaban J connectivity index is 1.39. The summed E-state index contributed by atoms with van der Waals surface area (Å²) in [5.74, 6) is 0.438. The number of rotatable bonds is 13. The maximum atomic E-state index is 12.4. The lowest BCUT2D eigenvalue weighted by atomic mass is 9.98. The zero-order valence-corrected chi connectivity index (χ0v) is 20.5. The number of carboxylic acid groups (broad SMARTS) is 1. The third-order valence-electron chi connectivity index (χ3n) is 6.14. The Bertz CT molecular complexity index is 1130. The first kappa shape index (κ1) is 27.3. The number of nitrogens with one attached hydrogen (secondary N) is 3. The van der Waals surface area contributed by atoms with E-state index in [1.807, 2.05) is 48.5 Å². The van der Waals surface area contributed by atoms with Gasteiger partial charge in [-0.05, 0) is 41.5 Å². The molecule has 37 heavy (non-hydrogen) atoms. The third-order valence-corrected chi connectivity index (χ3v) is 6.14. The fourth-order valence-electron chi connectivity index (χ4n) is 4.29. The first-order valence-corrected chi connectivity index (χ1v) is 12.2. The van der Waals surface area contributed by atoms with E-state index >= 15 is 0 Å². The van der Waals surface area contributed by atoms with E-state index in [4.69, 9.17) is 11.2 Å². The number of carboxylic acids is 1. The van der Waals surface area contributed by atoms with Gasteiger partial charge in [0.1, 0.15) is 12.6 Å². The van der Waals surface area contributed by atoms with Crippen molar-refractivity contribution < 1.29 is 29.0 Å². The minimum atomic E-state index is -1.16. The topological polar surface area (TPSA) is 134 Å². The van der Waals surface area contributed by atoms with E-state index in [1.54, 1.807) is 0 Å². The van der Waals surface area contributed by atoms with Crippen molar-refractivity contribution in [3.63, 3.8) is 0 Å². The Morgan fingerprint density at radius 2 is 1.51 bits per heavy atom. The van der Waals surface area contributed by atoms with Gasteiger partial charge in [0.2, 0.25) is 11.8 Å². The molecule has 3 amide bonds. The van der Waals surface area contributed by atoms with E-state index in [2.05, 4.69) is 21.9 Å². The Morgan fingerprint density at radius 1 is 0.919 bits per heavy atom. The maximum Gasteiger partial charge on any atom is 0.407 e. The normalized spacial score (nSPS) is 12.4. The summed E-state index contributed by atoms with van der Waals surface area (Å²) in [5.41, 5.74) is 4.35. The fourth-order valence-corrected chi connectivity index (χ4v) is 4.29. The zero-order valence-electron chi connectivity index (χ0n) is 20.5. The molecule has 2 aromatic carbocycles. The summed E-state index contributed by atoms with van der Waals surface area (Å²) < 4.78 is 5.44. The molecule has 3 rings (SSSR count). The monoisotopic (exact) mass is 505 g/mol. The van der Waals surface area contributed by atoms with Crippen LogP contribution in [-0.4, -0.2) is 54.7 Å². The van der Waals surface area contributed by atoms with Gasteiger partial charge in [-0.3, -0.25) is 9.59 Å². The minimum Gasteiger partial charge on any atom is -0.480 e. The molecule has 194 valence electrons. The molecule has 2 aromatic rings. The zero-order chi connectivity index (χ0) is 26.6. The first-order valence-electron chi connectivity index (χ1n) is 12.2. The van der Waals surface area contributed by atoms with Crippen LogP contribution in [0.5, 0.6) is 0 Å². The number of ether oxygens (including phenoxy) is 1. The molecule has 0 fully saturated rings. The number of fused-ring (bicyclic) bond motifs is 3. The molecule has 1 aliphatic carbocycles. The van der Waals surface area contributed by atoms with Crippen LogP contribution in [-0.2, 0) is 19.1 Å². The van der Waals surface area contributed by atoms with Gasteiger partial charge in [-0.25, -0.2) is 9.59 Å². The Labute approximate surface area is 216 Å². The highest BCUT2D eigenvalue weighted by Crippen LogP contribution is 2.44. The van der Waals surface area contributed by atoms with E-state index in [0.717, 1.165) is 22.3 Å². The predicted octanol–water partition coefficient (Wildman–Crippen LogP) is 2.79. The molecule has 0 saturated carbocycles. The minimum absolute atomic E-state index is 0.0392. The average Bonchev–Trinajstić information content (AvgIpc) is 3.22. The van der Waals surface area contributed by atoms with Crippen LogP contribution in [0.25, 0.3) is 11.1 Å². The molecule has 0 spiro atoms. The molecule has 0 aromatic heterocycles. The largest absolute Gasteiger partial charge is 0.480 e. The summed E-state index contributed by atoms with van der Waals surface area (Å²) >= 11 is 0. The summed E-state index contributed by atoms with van der Waals surface area (Å²) in [5, 5.41) is 17.1. The highest BCUT2D eigenvalue weighted by atomic mass is 16.5. The van der Waals surface area contributed by atoms with Gasteiger partial charge >= 0.3 is 12.1 Å². The van der Waals surface area contributed by atoms with Crippen LogP contribution >= 0.6 is 0 Å². The smallest absolute Gasteiger partial charge is 0.407 e. The van der Waals surface area contributed by atoms with Crippen molar-refractivity contribution in [2.45, 2.75) is 44.1 Å².